The molecule has 0 radical (unpaired) electrons. The molecule has 22 heavy (non-hydrogen) atoms. The number of nitrogens with zero attached hydrogens (tertiary/aromatic N) is 3. The predicted octanol–water partition coefficient (Wildman–Crippen LogP) is 3.48. The highest BCUT2D eigenvalue weighted by atomic mass is 15.3. The number of benzene rings is 1. The summed E-state index contributed by atoms with van der Waals surface area (Å²) in [4.78, 5) is 12.2. The maximum absolute atomic E-state index is 4.97. The Bertz CT molecular complexity index is 702. The van der Waals surface area contributed by atoms with Gasteiger partial charge in [0.2, 0.25) is 5.95 Å². The van der Waals surface area contributed by atoms with Gasteiger partial charge in [0.25, 0.3) is 0 Å². The lowest BCUT2D eigenvalue weighted by Crippen LogP contribution is -2.38. The van der Waals surface area contributed by atoms with Crippen molar-refractivity contribution >= 4 is 5.95 Å². The standard InChI is InChI=1S/C19H21N3/c1-2-5-14(6-3-1)18-16-11-15(13-7-8-13)12-17(16)20-19(21-18)22-9-4-10-22/h1-3,5-6,13,15H,4,7-12H2. The van der Waals surface area contributed by atoms with Crippen molar-refractivity contribution in [1.29, 1.82) is 0 Å². The number of rotatable bonds is 3. The van der Waals surface area contributed by atoms with Crippen LogP contribution in [0, 0.1) is 11.8 Å². The van der Waals surface area contributed by atoms with Crippen molar-refractivity contribution in [2.24, 2.45) is 11.8 Å². The van der Waals surface area contributed by atoms with Gasteiger partial charge in [0, 0.05) is 24.2 Å². The Balaban J connectivity index is 1.61. The molecular formula is C19H21N3. The zero-order chi connectivity index (χ0) is 14.5. The molecule has 2 fully saturated rings. The summed E-state index contributed by atoms with van der Waals surface area (Å²) in [5.41, 5.74) is 5.19. The van der Waals surface area contributed by atoms with Gasteiger partial charge in [-0.25, -0.2) is 9.97 Å². The van der Waals surface area contributed by atoms with Crippen LogP contribution in [-0.2, 0) is 12.8 Å². The third kappa shape index (κ3) is 2.03. The lowest BCUT2D eigenvalue weighted by molar-refractivity contribution is 0.488. The van der Waals surface area contributed by atoms with Gasteiger partial charge in [-0.2, -0.15) is 0 Å². The molecule has 0 amide bonds. The third-order valence-corrected chi connectivity index (χ3v) is 5.48. The minimum atomic E-state index is 0.818. The van der Waals surface area contributed by atoms with E-state index in [9.17, 15) is 0 Å². The molecule has 1 unspecified atom stereocenters. The summed E-state index contributed by atoms with van der Waals surface area (Å²) in [6.45, 7) is 2.22. The van der Waals surface area contributed by atoms with E-state index in [1.54, 1.807) is 0 Å². The number of aromatic nitrogens is 2. The summed E-state index contributed by atoms with van der Waals surface area (Å²) in [5.74, 6) is 2.73. The Morgan fingerprint density at radius 3 is 2.41 bits per heavy atom. The van der Waals surface area contributed by atoms with Crippen molar-refractivity contribution in [3.8, 4) is 11.3 Å². The average molecular weight is 291 g/mol. The number of anilines is 1. The first-order valence-corrected chi connectivity index (χ1v) is 8.58. The number of fused-ring (bicyclic) bond motifs is 1. The summed E-state index contributed by atoms with van der Waals surface area (Å²) in [5, 5.41) is 0. The van der Waals surface area contributed by atoms with Crippen LogP contribution in [-0.4, -0.2) is 23.1 Å². The lowest BCUT2D eigenvalue weighted by atomic mass is 9.99. The molecule has 3 nitrogen and oxygen atoms in total. The Kier molecular flexibility index (Phi) is 2.76. The molecule has 3 aliphatic rings. The highest BCUT2D eigenvalue weighted by Crippen LogP contribution is 2.45. The fraction of sp³-hybridized carbons (Fsp3) is 0.474. The predicted molar refractivity (Wildman–Crippen MR) is 87.9 cm³/mol. The van der Waals surface area contributed by atoms with E-state index in [0.29, 0.717) is 0 Å². The van der Waals surface area contributed by atoms with Crippen LogP contribution in [0.2, 0.25) is 0 Å². The first kappa shape index (κ1) is 12.6. The van der Waals surface area contributed by atoms with E-state index in [1.807, 2.05) is 0 Å². The first-order chi connectivity index (χ1) is 10.9. The maximum Gasteiger partial charge on any atom is 0.226 e. The molecule has 1 atom stereocenters. The molecule has 1 aliphatic heterocycles. The Labute approximate surface area is 131 Å². The molecule has 1 saturated carbocycles. The third-order valence-electron chi connectivity index (χ3n) is 5.48. The largest absolute Gasteiger partial charge is 0.341 e. The van der Waals surface area contributed by atoms with Crippen LogP contribution in [0.25, 0.3) is 11.3 Å². The normalized spacial score (nSPS) is 23.3. The smallest absolute Gasteiger partial charge is 0.226 e. The Hall–Kier alpha value is -1.90. The molecule has 0 N–H and O–H groups in total. The van der Waals surface area contributed by atoms with Crippen molar-refractivity contribution in [2.45, 2.75) is 32.1 Å². The minimum Gasteiger partial charge on any atom is -0.341 e. The average Bonchev–Trinajstić information content (AvgIpc) is 3.25. The molecule has 112 valence electrons. The highest BCUT2D eigenvalue weighted by Gasteiger charge is 2.38. The highest BCUT2D eigenvalue weighted by molar-refractivity contribution is 5.66. The molecular weight excluding hydrogens is 270 g/mol. The van der Waals surface area contributed by atoms with Crippen LogP contribution in [0.15, 0.2) is 30.3 Å². The van der Waals surface area contributed by atoms with E-state index in [4.69, 9.17) is 9.97 Å². The molecule has 1 aromatic heterocycles. The van der Waals surface area contributed by atoms with E-state index in [2.05, 4.69) is 35.2 Å². The Morgan fingerprint density at radius 1 is 0.909 bits per heavy atom. The summed E-state index contributed by atoms with van der Waals surface area (Å²) < 4.78 is 0. The van der Waals surface area contributed by atoms with Gasteiger partial charge < -0.3 is 4.90 Å². The van der Waals surface area contributed by atoms with Gasteiger partial charge in [-0.15, -0.1) is 0 Å². The van der Waals surface area contributed by atoms with Crippen LogP contribution in [0.3, 0.4) is 0 Å². The SMILES string of the molecule is c1ccc(-c2nc(N3CCC3)nc3c2CC(C2CC2)C3)cc1. The van der Waals surface area contributed by atoms with Crippen molar-refractivity contribution in [1.82, 2.24) is 9.97 Å². The van der Waals surface area contributed by atoms with Crippen LogP contribution in [0.4, 0.5) is 5.95 Å². The van der Waals surface area contributed by atoms with Gasteiger partial charge >= 0.3 is 0 Å². The molecule has 0 bridgehead atoms. The van der Waals surface area contributed by atoms with Gasteiger partial charge in [-0.3, -0.25) is 0 Å². The zero-order valence-electron chi connectivity index (χ0n) is 12.8. The van der Waals surface area contributed by atoms with Gasteiger partial charge in [0.1, 0.15) is 0 Å². The lowest BCUT2D eigenvalue weighted by Gasteiger charge is -2.31. The van der Waals surface area contributed by atoms with E-state index in [-0.39, 0.29) is 0 Å². The molecule has 1 saturated heterocycles. The van der Waals surface area contributed by atoms with Crippen molar-refractivity contribution in [2.75, 3.05) is 18.0 Å². The van der Waals surface area contributed by atoms with Crippen molar-refractivity contribution < 1.29 is 0 Å². The summed E-state index contributed by atoms with van der Waals surface area (Å²) in [7, 11) is 0. The van der Waals surface area contributed by atoms with Crippen LogP contribution >= 0.6 is 0 Å². The second-order valence-corrected chi connectivity index (χ2v) is 7.01. The fourth-order valence-corrected chi connectivity index (χ4v) is 3.88. The second kappa shape index (κ2) is 4.80. The Morgan fingerprint density at radius 2 is 1.73 bits per heavy atom. The van der Waals surface area contributed by atoms with E-state index in [1.165, 1.54) is 54.6 Å². The number of hydrogen-bond acceptors (Lipinski definition) is 3. The molecule has 0 spiro atoms. The summed E-state index contributed by atoms with van der Waals surface area (Å²) in [6.07, 6.45) is 6.47. The van der Waals surface area contributed by atoms with Gasteiger partial charge in [0.15, 0.2) is 0 Å². The van der Waals surface area contributed by atoms with Gasteiger partial charge in [-0.05, 0) is 43.9 Å². The summed E-state index contributed by atoms with van der Waals surface area (Å²) >= 11 is 0. The van der Waals surface area contributed by atoms with Crippen LogP contribution in [0.5, 0.6) is 0 Å². The van der Waals surface area contributed by atoms with Crippen LogP contribution < -0.4 is 4.90 Å². The molecule has 3 heteroatoms. The molecule has 2 heterocycles. The first-order valence-electron chi connectivity index (χ1n) is 8.58. The summed E-state index contributed by atoms with van der Waals surface area (Å²) in [6, 6.07) is 10.7. The molecule has 2 aliphatic carbocycles. The number of hydrogen-bond donors (Lipinski definition) is 0. The van der Waals surface area contributed by atoms with Gasteiger partial charge in [-0.1, -0.05) is 30.3 Å². The topological polar surface area (TPSA) is 29.0 Å². The minimum absolute atomic E-state index is 0.818. The molecule has 1 aromatic carbocycles. The van der Waals surface area contributed by atoms with Gasteiger partial charge in [0.05, 0.1) is 11.4 Å². The molecule has 5 rings (SSSR count). The zero-order valence-corrected chi connectivity index (χ0v) is 12.8. The second-order valence-electron chi connectivity index (χ2n) is 7.01. The van der Waals surface area contributed by atoms with E-state index >= 15 is 0 Å². The quantitative estimate of drug-likeness (QED) is 0.867. The monoisotopic (exact) mass is 291 g/mol. The van der Waals surface area contributed by atoms with E-state index in [0.717, 1.165) is 30.9 Å². The van der Waals surface area contributed by atoms with Crippen molar-refractivity contribution in [3.05, 3.63) is 41.6 Å². The molecule has 2 aromatic rings. The fourth-order valence-electron chi connectivity index (χ4n) is 3.88. The van der Waals surface area contributed by atoms with Crippen molar-refractivity contribution in [3.63, 3.8) is 0 Å². The van der Waals surface area contributed by atoms with E-state index < -0.39 is 0 Å². The van der Waals surface area contributed by atoms with Crippen LogP contribution in [0.1, 0.15) is 30.5 Å². The maximum atomic E-state index is 4.97.